The highest BCUT2D eigenvalue weighted by Gasteiger charge is 2.23. The molecular weight excluding hydrogens is 443 g/mol. The number of rotatable bonds is 9. The van der Waals surface area contributed by atoms with Gasteiger partial charge in [-0.3, -0.25) is 4.79 Å². The van der Waals surface area contributed by atoms with E-state index < -0.39 is 5.97 Å². The van der Waals surface area contributed by atoms with Gasteiger partial charge in [-0.15, -0.1) is 0 Å². The minimum atomic E-state index is -0.807. The topological polar surface area (TPSA) is 55.8 Å². The average Bonchev–Trinajstić information content (AvgIpc) is 2.82. The number of carboxylic acids is 1. The van der Waals surface area contributed by atoms with Gasteiger partial charge in [0.2, 0.25) is 0 Å². The van der Waals surface area contributed by atoms with Crippen LogP contribution in [0.2, 0.25) is 0 Å². The number of carboxylic acid groups (broad SMARTS) is 1. The minimum Gasteiger partial charge on any atom is -0.497 e. The molecule has 0 unspecified atom stereocenters. The highest BCUT2D eigenvalue weighted by atomic mass is 19.1. The highest BCUT2D eigenvalue weighted by molar-refractivity contribution is 5.71. The van der Waals surface area contributed by atoms with Crippen molar-refractivity contribution in [3.63, 3.8) is 0 Å². The summed E-state index contributed by atoms with van der Waals surface area (Å²) in [6, 6.07) is 18.4. The summed E-state index contributed by atoms with van der Waals surface area (Å²) in [6.45, 7) is 10.3. The summed E-state index contributed by atoms with van der Waals surface area (Å²) in [5, 5.41) is 9.22. The van der Waals surface area contributed by atoms with E-state index in [-0.39, 0.29) is 29.7 Å². The second-order valence-corrected chi connectivity index (χ2v) is 9.94. The standard InChI is InChI=1S/C30H35FO4/c1-7-20(17-29(32)33)22-9-8-10-24(15-22)35-19(2)21-11-13-25(27(16-21)30(3,4)5)26-18-23(34-6)12-14-28(26)31/h8-16,18-20H,7,17H2,1-6H3,(H,32,33)/t19-,20-/m0/s1. The van der Waals surface area contributed by atoms with Crippen molar-refractivity contribution in [2.24, 2.45) is 0 Å². The number of aliphatic carboxylic acids is 1. The lowest BCUT2D eigenvalue weighted by Gasteiger charge is -2.26. The second-order valence-electron chi connectivity index (χ2n) is 9.94. The molecule has 0 spiro atoms. The van der Waals surface area contributed by atoms with Gasteiger partial charge in [-0.1, -0.05) is 58.0 Å². The van der Waals surface area contributed by atoms with Crippen LogP contribution in [0.15, 0.2) is 60.7 Å². The van der Waals surface area contributed by atoms with Crippen LogP contribution in [0.25, 0.3) is 11.1 Å². The normalized spacial score (nSPS) is 13.2. The van der Waals surface area contributed by atoms with E-state index in [9.17, 15) is 14.3 Å². The third-order valence-electron chi connectivity index (χ3n) is 6.34. The zero-order chi connectivity index (χ0) is 25.8. The molecule has 0 fully saturated rings. The Morgan fingerprint density at radius 2 is 1.71 bits per heavy atom. The van der Waals surface area contributed by atoms with Gasteiger partial charge in [0.05, 0.1) is 13.5 Å². The van der Waals surface area contributed by atoms with Crippen LogP contribution in [0, 0.1) is 5.82 Å². The fraction of sp³-hybridized carbons (Fsp3) is 0.367. The molecular formula is C30H35FO4. The first-order chi connectivity index (χ1) is 16.5. The van der Waals surface area contributed by atoms with Crippen LogP contribution in [0.4, 0.5) is 4.39 Å². The van der Waals surface area contributed by atoms with E-state index in [1.807, 2.05) is 50.2 Å². The molecule has 1 N–H and O–H groups in total. The quantitative estimate of drug-likeness (QED) is 0.339. The van der Waals surface area contributed by atoms with Gasteiger partial charge in [-0.25, -0.2) is 4.39 Å². The summed E-state index contributed by atoms with van der Waals surface area (Å²) in [7, 11) is 1.57. The molecule has 3 aromatic carbocycles. The van der Waals surface area contributed by atoms with E-state index in [4.69, 9.17) is 9.47 Å². The lowest BCUT2D eigenvalue weighted by Crippen LogP contribution is -2.15. The summed E-state index contributed by atoms with van der Waals surface area (Å²) in [5.74, 6) is 0.140. The summed E-state index contributed by atoms with van der Waals surface area (Å²) < 4.78 is 26.4. The van der Waals surface area contributed by atoms with Crippen molar-refractivity contribution in [1.29, 1.82) is 0 Å². The predicted octanol–water partition coefficient (Wildman–Crippen LogP) is 7.91. The maximum absolute atomic E-state index is 14.8. The van der Waals surface area contributed by atoms with E-state index in [2.05, 4.69) is 26.8 Å². The van der Waals surface area contributed by atoms with Crippen LogP contribution < -0.4 is 9.47 Å². The Labute approximate surface area is 207 Å². The van der Waals surface area contributed by atoms with E-state index in [0.29, 0.717) is 17.1 Å². The molecule has 0 aliphatic rings. The van der Waals surface area contributed by atoms with Crippen molar-refractivity contribution in [3.05, 3.63) is 83.2 Å². The number of benzene rings is 3. The van der Waals surface area contributed by atoms with Gasteiger partial charge >= 0.3 is 5.97 Å². The van der Waals surface area contributed by atoms with Crippen molar-refractivity contribution in [2.45, 2.75) is 64.9 Å². The number of hydrogen-bond donors (Lipinski definition) is 1. The monoisotopic (exact) mass is 478 g/mol. The van der Waals surface area contributed by atoms with E-state index in [1.165, 1.54) is 6.07 Å². The second kappa shape index (κ2) is 10.9. The molecule has 5 heteroatoms. The third-order valence-corrected chi connectivity index (χ3v) is 6.34. The van der Waals surface area contributed by atoms with Crippen molar-refractivity contribution in [1.82, 2.24) is 0 Å². The number of methoxy groups -OCH3 is 1. The maximum Gasteiger partial charge on any atom is 0.303 e. The third kappa shape index (κ3) is 6.41. The Morgan fingerprint density at radius 1 is 0.971 bits per heavy atom. The molecule has 0 saturated carbocycles. The summed E-state index contributed by atoms with van der Waals surface area (Å²) in [4.78, 5) is 11.2. The first-order valence-electron chi connectivity index (χ1n) is 12.0. The number of halogens is 1. The molecule has 0 saturated heterocycles. The summed E-state index contributed by atoms with van der Waals surface area (Å²) in [6.07, 6.45) is 0.574. The first-order valence-corrected chi connectivity index (χ1v) is 12.0. The Bertz CT molecular complexity index is 1180. The molecule has 0 heterocycles. The largest absolute Gasteiger partial charge is 0.497 e. The molecule has 0 aromatic heterocycles. The highest BCUT2D eigenvalue weighted by Crippen LogP contribution is 2.38. The zero-order valence-corrected chi connectivity index (χ0v) is 21.4. The van der Waals surface area contributed by atoms with E-state index in [0.717, 1.165) is 28.7 Å². The van der Waals surface area contributed by atoms with E-state index >= 15 is 0 Å². The molecule has 0 aliphatic heterocycles. The summed E-state index contributed by atoms with van der Waals surface area (Å²) in [5.41, 5.74) is 4.05. The Morgan fingerprint density at radius 3 is 2.34 bits per heavy atom. The fourth-order valence-electron chi connectivity index (χ4n) is 4.33. The van der Waals surface area contributed by atoms with Gasteiger partial charge in [0.25, 0.3) is 0 Å². The molecule has 0 amide bonds. The van der Waals surface area contributed by atoms with Gasteiger partial charge < -0.3 is 14.6 Å². The molecule has 0 radical (unpaired) electrons. The van der Waals surface area contributed by atoms with Gasteiger partial charge in [-0.05, 0) is 77.3 Å². The number of carbonyl (C=O) groups is 1. The average molecular weight is 479 g/mol. The van der Waals surface area contributed by atoms with Crippen LogP contribution in [0.5, 0.6) is 11.5 Å². The molecule has 35 heavy (non-hydrogen) atoms. The lowest BCUT2D eigenvalue weighted by atomic mass is 9.80. The molecule has 3 aromatic rings. The van der Waals surface area contributed by atoms with Gasteiger partial charge in [-0.2, -0.15) is 0 Å². The minimum absolute atomic E-state index is 0.0594. The Kier molecular flexibility index (Phi) is 8.21. The SMILES string of the molecule is CC[C@@H](CC(=O)O)c1cccc(O[C@@H](C)c2ccc(-c3cc(OC)ccc3F)c(C(C)(C)C)c2)c1. The van der Waals surface area contributed by atoms with Crippen LogP contribution in [0.3, 0.4) is 0 Å². The molecule has 186 valence electrons. The molecule has 4 nitrogen and oxygen atoms in total. The smallest absolute Gasteiger partial charge is 0.303 e. The van der Waals surface area contributed by atoms with Gasteiger partial charge in [0.1, 0.15) is 23.4 Å². The Balaban J connectivity index is 1.94. The van der Waals surface area contributed by atoms with Crippen molar-refractivity contribution in [3.8, 4) is 22.6 Å². The fourth-order valence-corrected chi connectivity index (χ4v) is 4.33. The molecule has 2 atom stereocenters. The van der Waals surface area contributed by atoms with Crippen molar-refractivity contribution in [2.75, 3.05) is 7.11 Å². The van der Waals surface area contributed by atoms with Gasteiger partial charge in [0.15, 0.2) is 0 Å². The zero-order valence-electron chi connectivity index (χ0n) is 21.4. The van der Waals surface area contributed by atoms with Crippen molar-refractivity contribution >= 4 is 5.97 Å². The first kappa shape index (κ1) is 26.3. The predicted molar refractivity (Wildman–Crippen MR) is 138 cm³/mol. The molecule has 0 aliphatic carbocycles. The van der Waals surface area contributed by atoms with Crippen LogP contribution in [-0.2, 0) is 10.2 Å². The number of hydrogen-bond acceptors (Lipinski definition) is 3. The number of ether oxygens (including phenoxy) is 2. The Hall–Kier alpha value is -3.34. The van der Waals surface area contributed by atoms with E-state index in [1.54, 1.807) is 19.2 Å². The van der Waals surface area contributed by atoms with Crippen LogP contribution >= 0.6 is 0 Å². The van der Waals surface area contributed by atoms with Crippen LogP contribution in [-0.4, -0.2) is 18.2 Å². The maximum atomic E-state index is 14.8. The van der Waals surface area contributed by atoms with Crippen LogP contribution in [0.1, 0.15) is 76.2 Å². The molecule has 3 rings (SSSR count). The van der Waals surface area contributed by atoms with Gasteiger partial charge in [0, 0.05) is 5.56 Å². The van der Waals surface area contributed by atoms with Crippen molar-refractivity contribution < 1.29 is 23.8 Å². The summed E-state index contributed by atoms with van der Waals surface area (Å²) >= 11 is 0. The molecule has 0 bridgehead atoms. The lowest BCUT2D eigenvalue weighted by molar-refractivity contribution is -0.137.